The van der Waals surface area contributed by atoms with Gasteiger partial charge in [0.15, 0.2) is 0 Å². The molecule has 6 nitrogen and oxygen atoms in total. The van der Waals surface area contributed by atoms with Crippen LogP contribution in [0.5, 0.6) is 0 Å². The zero-order valence-corrected chi connectivity index (χ0v) is 50.6. The van der Waals surface area contributed by atoms with Gasteiger partial charge in [-0.3, -0.25) is 0 Å². The van der Waals surface area contributed by atoms with Crippen molar-refractivity contribution in [3.8, 4) is 34.9 Å². The van der Waals surface area contributed by atoms with Gasteiger partial charge in [0.05, 0.1) is 76.3 Å². The van der Waals surface area contributed by atoms with Crippen LogP contribution in [0.1, 0.15) is 74.9 Å². The molecular weight excluding hydrogens is 1090 g/mol. The molecule has 11 aromatic carbocycles. The van der Waals surface area contributed by atoms with Gasteiger partial charge in [-0.25, -0.2) is 0 Å². The van der Waals surface area contributed by atoms with E-state index >= 15 is 0 Å². The van der Waals surface area contributed by atoms with E-state index in [1.165, 1.54) is 42.2 Å². The summed E-state index contributed by atoms with van der Waals surface area (Å²) in [5, 5.41) is 39.6. The van der Waals surface area contributed by atoms with E-state index in [0.29, 0.717) is 28.2 Å². The summed E-state index contributed by atoms with van der Waals surface area (Å²) in [4.78, 5) is 0. The molecule has 8 heteroatoms. The summed E-state index contributed by atoms with van der Waals surface area (Å²) in [6.45, 7) is 18.2. The van der Waals surface area contributed by atoms with Gasteiger partial charge in [-0.05, 0) is 114 Å². The first-order chi connectivity index (χ1) is 41.7. The van der Waals surface area contributed by atoms with Crippen LogP contribution in [0.2, 0.25) is 0 Å². The van der Waals surface area contributed by atoms with E-state index in [2.05, 4.69) is 280 Å². The Morgan fingerprint density at radius 2 is 0.779 bits per heavy atom. The first kappa shape index (κ1) is 50.5. The number of aromatic nitrogens is 4. The molecule has 0 bridgehead atoms. The van der Waals surface area contributed by atoms with E-state index in [9.17, 15) is 10.5 Å². The zero-order valence-electron chi connectivity index (χ0n) is 49.0. The van der Waals surface area contributed by atoms with Gasteiger partial charge >= 0.3 is 0 Å². The molecule has 0 amide bonds. The van der Waals surface area contributed by atoms with Crippen LogP contribution in [0.3, 0.4) is 0 Å². The van der Waals surface area contributed by atoms with Crippen molar-refractivity contribution in [1.29, 1.82) is 10.5 Å². The standard InChI is InChI=1S/C78H56N6S2/c1-43-37-54-51-34-35-52-50-25-13-19-31-66(50)85-75(52)72(51)84(65(54)38-44(43)2)74-70(81-60-27-15-9-21-46(60)47-22-10-16-28-61(47)81)57(41-79)69(58(42-80)71(74)82-62-29-17-11-23-48(62)49-24-12-18-30-63(49)82)83-64-36-33-45(77(3,4)5)39-55(64)56-40-59(78(6,7)8)68-53-26-14-20-32-67(53)86-76(68)73(56)83/h9-40H,1-8H3. The van der Waals surface area contributed by atoms with Gasteiger partial charge in [-0.1, -0.05) is 169 Å². The molecule has 0 aliphatic rings. The van der Waals surface area contributed by atoms with Gasteiger partial charge in [0.2, 0.25) is 0 Å². The van der Waals surface area contributed by atoms with Crippen LogP contribution in [0, 0.1) is 36.5 Å². The van der Waals surface area contributed by atoms with Crippen LogP contribution in [0.4, 0.5) is 0 Å². The fourth-order valence-corrected chi connectivity index (χ4v) is 17.1. The first-order valence-electron chi connectivity index (χ1n) is 29.5. The summed E-state index contributed by atoms with van der Waals surface area (Å²) in [6.07, 6.45) is 0. The molecule has 0 radical (unpaired) electrons. The minimum absolute atomic E-state index is 0.180. The molecule has 0 spiro atoms. The third kappa shape index (κ3) is 6.74. The van der Waals surface area contributed by atoms with E-state index in [0.717, 1.165) is 113 Å². The van der Waals surface area contributed by atoms with Gasteiger partial charge in [-0.15, -0.1) is 22.7 Å². The van der Waals surface area contributed by atoms with Crippen molar-refractivity contribution in [2.75, 3.05) is 0 Å². The minimum Gasteiger partial charge on any atom is -0.306 e. The fraction of sp³-hybridized carbons (Fsp3) is 0.128. The number of thiophene rings is 2. The number of fused-ring (bicyclic) bond motifs is 20. The maximum Gasteiger partial charge on any atom is 0.104 e. The predicted molar refractivity (Wildman–Crippen MR) is 366 cm³/mol. The van der Waals surface area contributed by atoms with E-state index in [4.69, 9.17) is 0 Å². The van der Waals surface area contributed by atoms with E-state index < -0.39 is 0 Å². The lowest BCUT2D eigenvalue weighted by Gasteiger charge is -2.27. The number of hydrogen-bond donors (Lipinski definition) is 0. The first-order valence-corrected chi connectivity index (χ1v) is 31.2. The summed E-state index contributed by atoms with van der Waals surface area (Å²) in [7, 11) is 0. The molecule has 17 aromatic rings. The number of para-hydroxylation sites is 4. The third-order valence-electron chi connectivity index (χ3n) is 18.6. The number of nitrogens with zero attached hydrogens (tertiary/aromatic N) is 6. The summed E-state index contributed by atoms with van der Waals surface area (Å²) in [5.41, 5.74) is 15.5. The molecular formula is C78H56N6S2. The van der Waals surface area contributed by atoms with Crippen LogP contribution in [-0.2, 0) is 10.8 Å². The molecule has 6 heterocycles. The fourth-order valence-electron chi connectivity index (χ4n) is 14.5. The highest BCUT2D eigenvalue weighted by Crippen LogP contribution is 2.54. The average molecular weight is 1140 g/mol. The highest BCUT2D eigenvalue weighted by Gasteiger charge is 2.37. The lowest BCUT2D eigenvalue weighted by Crippen LogP contribution is -2.17. The number of hydrogen-bond acceptors (Lipinski definition) is 4. The lowest BCUT2D eigenvalue weighted by molar-refractivity contribution is 0.591. The van der Waals surface area contributed by atoms with Crippen molar-refractivity contribution in [2.45, 2.75) is 66.2 Å². The third-order valence-corrected chi connectivity index (χ3v) is 21.0. The van der Waals surface area contributed by atoms with Gasteiger partial charge in [0.1, 0.15) is 23.3 Å². The second kappa shape index (κ2) is 17.8. The molecule has 0 fully saturated rings. The Morgan fingerprint density at radius 3 is 1.33 bits per heavy atom. The topological polar surface area (TPSA) is 67.3 Å². The van der Waals surface area contributed by atoms with E-state index in [-0.39, 0.29) is 10.8 Å². The summed E-state index contributed by atoms with van der Waals surface area (Å²) >= 11 is 3.61. The molecule has 17 rings (SSSR count). The van der Waals surface area contributed by atoms with Crippen molar-refractivity contribution < 1.29 is 0 Å². The smallest absolute Gasteiger partial charge is 0.104 e. The Balaban J connectivity index is 1.22. The Morgan fingerprint density at radius 1 is 0.337 bits per heavy atom. The lowest BCUT2D eigenvalue weighted by atomic mass is 9.82. The van der Waals surface area contributed by atoms with Crippen molar-refractivity contribution in [3.05, 3.63) is 228 Å². The molecule has 0 saturated carbocycles. The van der Waals surface area contributed by atoms with Crippen LogP contribution >= 0.6 is 22.7 Å². The maximum absolute atomic E-state index is 13.1. The summed E-state index contributed by atoms with van der Waals surface area (Å²) in [6, 6.07) is 76.7. The monoisotopic (exact) mass is 1140 g/mol. The molecule has 6 aromatic heterocycles. The molecule has 410 valence electrons. The second-order valence-electron chi connectivity index (χ2n) is 25.5. The highest BCUT2D eigenvalue weighted by atomic mass is 32.1. The molecule has 0 aliphatic heterocycles. The molecule has 0 atom stereocenters. The normalized spacial score (nSPS) is 12.6. The molecule has 86 heavy (non-hydrogen) atoms. The number of rotatable bonds is 4. The largest absolute Gasteiger partial charge is 0.306 e. The van der Waals surface area contributed by atoms with Crippen LogP contribution in [0.15, 0.2) is 194 Å². The average Bonchev–Trinajstić information content (AvgIpc) is 1.55. The number of nitriles is 2. The Hall–Kier alpha value is -9.96. The predicted octanol–water partition coefficient (Wildman–Crippen LogP) is 21.8. The summed E-state index contributed by atoms with van der Waals surface area (Å²) in [5.74, 6) is 0. The van der Waals surface area contributed by atoms with Crippen molar-refractivity contribution in [2.24, 2.45) is 0 Å². The molecule has 0 aliphatic carbocycles. The van der Waals surface area contributed by atoms with Gasteiger partial charge in [-0.2, -0.15) is 10.5 Å². The second-order valence-corrected chi connectivity index (χ2v) is 27.6. The van der Waals surface area contributed by atoms with Crippen LogP contribution in [-0.4, -0.2) is 18.3 Å². The van der Waals surface area contributed by atoms with E-state index in [1.54, 1.807) is 22.7 Å². The number of aryl methyl sites for hydroxylation is 2. The SMILES string of the molecule is Cc1cc2c3ccc4c5ccccc5sc4c3n(-c3c(-n4c5ccccc5c5ccccc54)c(C#N)c(-n4c5ccc(C(C)(C)C)cc5c5cc(C(C)(C)C)c6c7ccccc7sc6c54)c(C#N)c3-n3c4ccccc4c4ccccc43)c2cc1C. The van der Waals surface area contributed by atoms with Crippen LogP contribution < -0.4 is 0 Å². The summed E-state index contributed by atoms with van der Waals surface area (Å²) < 4.78 is 14.2. The highest BCUT2D eigenvalue weighted by molar-refractivity contribution is 7.27. The molecule has 0 unspecified atom stereocenters. The Labute approximate surface area is 504 Å². The van der Waals surface area contributed by atoms with Crippen molar-refractivity contribution in [1.82, 2.24) is 18.3 Å². The van der Waals surface area contributed by atoms with Crippen LogP contribution in [0.25, 0.3) is 150 Å². The molecule has 0 saturated heterocycles. The Kier molecular flexibility index (Phi) is 10.5. The van der Waals surface area contributed by atoms with Crippen molar-refractivity contribution in [3.63, 3.8) is 0 Å². The van der Waals surface area contributed by atoms with E-state index in [1.807, 2.05) is 0 Å². The number of benzene rings is 11. The maximum atomic E-state index is 13.1. The zero-order chi connectivity index (χ0) is 58.4. The van der Waals surface area contributed by atoms with Crippen molar-refractivity contribution >= 4 is 150 Å². The minimum atomic E-state index is -0.240. The molecule has 0 N–H and O–H groups in total. The van der Waals surface area contributed by atoms with Gasteiger partial charge in [0.25, 0.3) is 0 Å². The Bertz CT molecular complexity index is 5710. The quantitative estimate of drug-likeness (QED) is 0.176. The van der Waals surface area contributed by atoms with Gasteiger partial charge < -0.3 is 18.3 Å². The van der Waals surface area contributed by atoms with Gasteiger partial charge in [0, 0.05) is 74.0 Å².